The summed E-state index contributed by atoms with van der Waals surface area (Å²) in [4.78, 5) is 13.1. The molecule has 100 valence electrons. The van der Waals surface area contributed by atoms with Crippen LogP contribution in [0.2, 0.25) is 0 Å². The smallest absolute Gasteiger partial charge is 0.323 e. The third-order valence-corrected chi connectivity index (χ3v) is 3.76. The van der Waals surface area contributed by atoms with Crippen LogP contribution in [-0.2, 0) is 11.2 Å². The summed E-state index contributed by atoms with van der Waals surface area (Å²) >= 11 is 0. The Bertz CT molecular complexity index is 387. The van der Waals surface area contributed by atoms with E-state index in [4.69, 9.17) is 0 Å². The van der Waals surface area contributed by atoms with Gasteiger partial charge in [0.15, 0.2) is 0 Å². The highest BCUT2D eigenvalue weighted by Gasteiger charge is 2.34. The molecule has 0 heterocycles. The van der Waals surface area contributed by atoms with Crippen LogP contribution in [0.3, 0.4) is 0 Å². The molecule has 0 aliphatic heterocycles. The lowest BCUT2D eigenvalue weighted by molar-refractivity contribution is -0.149. The zero-order chi connectivity index (χ0) is 13.8. The Morgan fingerprint density at radius 2 is 1.89 bits per heavy atom. The predicted octanol–water partition coefficient (Wildman–Crippen LogP) is 2.80. The van der Waals surface area contributed by atoms with Crippen molar-refractivity contribution in [1.29, 1.82) is 0 Å². The zero-order valence-electron chi connectivity index (χ0n) is 11.7. The summed E-state index contributed by atoms with van der Waals surface area (Å²) in [7, 11) is 1.88. The largest absolute Gasteiger partial charge is 0.480 e. The number of hydrogen-bond donors (Lipinski definition) is 1. The van der Waals surface area contributed by atoms with Gasteiger partial charge in [0.05, 0.1) is 0 Å². The van der Waals surface area contributed by atoms with Crippen molar-refractivity contribution < 1.29 is 9.90 Å². The third kappa shape index (κ3) is 3.57. The van der Waals surface area contributed by atoms with E-state index in [9.17, 15) is 9.90 Å². The molecule has 0 fully saturated rings. The Labute approximate surface area is 109 Å². The average Bonchev–Trinajstić information content (AvgIpc) is 2.36. The number of rotatable bonds is 6. The van der Waals surface area contributed by atoms with E-state index >= 15 is 0 Å². The molecule has 0 aromatic heterocycles. The molecular formula is C15H23NO2. The van der Waals surface area contributed by atoms with Crippen LogP contribution in [0.5, 0.6) is 0 Å². The van der Waals surface area contributed by atoms with Gasteiger partial charge in [0, 0.05) is 6.04 Å². The molecule has 3 heteroatoms. The Morgan fingerprint density at radius 1 is 1.33 bits per heavy atom. The number of likely N-dealkylation sites (N-methyl/N-ethyl adjacent to an activating group) is 1. The first-order valence-electron chi connectivity index (χ1n) is 6.36. The van der Waals surface area contributed by atoms with Crippen molar-refractivity contribution in [2.24, 2.45) is 0 Å². The third-order valence-electron chi connectivity index (χ3n) is 3.76. The number of aliphatic carboxylic acids is 1. The fourth-order valence-corrected chi connectivity index (χ4v) is 1.92. The lowest BCUT2D eigenvalue weighted by atomic mass is 9.98. The van der Waals surface area contributed by atoms with Crippen molar-refractivity contribution >= 4 is 5.97 Å². The van der Waals surface area contributed by atoms with Crippen molar-refractivity contribution in [2.45, 2.75) is 45.2 Å². The molecule has 0 saturated heterocycles. The van der Waals surface area contributed by atoms with Crippen LogP contribution in [0.4, 0.5) is 0 Å². The molecular weight excluding hydrogens is 226 g/mol. The van der Waals surface area contributed by atoms with Crippen LogP contribution in [0.1, 0.15) is 32.8 Å². The van der Waals surface area contributed by atoms with Gasteiger partial charge in [0.1, 0.15) is 5.54 Å². The summed E-state index contributed by atoms with van der Waals surface area (Å²) in [6.07, 6.45) is 1.93. The molecule has 1 N–H and O–H groups in total. The van der Waals surface area contributed by atoms with Crippen molar-refractivity contribution in [3.63, 3.8) is 0 Å². The van der Waals surface area contributed by atoms with Gasteiger partial charge >= 0.3 is 5.97 Å². The van der Waals surface area contributed by atoms with Gasteiger partial charge in [-0.1, -0.05) is 30.3 Å². The monoisotopic (exact) mass is 249 g/mol. The van der Waals surface area contributed by atoms with E-state index in [1.165, 1.54) is 5.56 Å². The second kappa shape index (κ2) is 6.01. The van der Waals surface area contributed by atoms with Crippen LogP contribution >= 0.6 is 0 Å². The molecule has 1 aromatic rings. The molecule has 1 aromatic carbocycles. The van der Waals surface area contributed by atoms with Gasteiger partial charge in [-0.15, -0.1) is 0 Å². The molecule has 0 saturated carbocycles. The van der Waals surface area contributed by atoms with E-state index in [2.05, 4.69) is 19.1 Å². The van der Waals surface area contributed by atoms with Gasteiger partial charge < -0.3 is 5.11 Å². The first-order chi connectivity index (χ1) is 8.35. The van der Waals surface area contributed by atoms with Crippen LogP contribution < -0.4 is 0 Å². The van der Waals surface area contributed by atoms with Crippen molar-refractivity contribution in [2.75, 3.05) is 7.05 Å². The second-order valence-electron chi connectivity index (χ2n) is 5.35. The first-order valence-corrected chi connectivity index (χ1v) is 6.36. The van der Waals surface area contributed by atoms with Gasteiger partial charge in [-0.05, 0) is 46.2 Å². The van der Waals surface area contributed by atoms with Crippen molar-refractivity contribution in [3.8, 4) is 0 Å². The summed E-state index contributed by atoms with van der Waals surface area (Å²) in [6, 6.07) is 10.5. The summed E-state index contributed by atoms with van der Waals surface area (Å²) in [6.45, 7) is 5.57. The van der Waals surface area contributed by atoms with E-state index in [1.54, 1.807) is 13.8 Å². The molecule has 1 unspecified atom stereocenters. The molecule has 18 heavy (non-hydrogen) atoms. The zero-order valence-corrected chi connectivity index (χ0v) is 11.7. The highest BCUT2D eigenvalue weighted by atomic mass is 16.4. The Hall–Kier alpha value is -1.35. The van der Waals surface area contributed by atoms with E-state index in [-0.39, 0.29) is 6.04 Å². The molecule has 0 bridgehead atoms. The van der Waals surface area contributed by atoms with Crippen LogP contribution in [-0.4, -0.2) is 34.6 Å². The Morgan fingerprint density at radius 3 is 2.39 bits per heavy atom. The Balaban J connectivity index is 2.56. The lowest BCUT2D eigenvalue weighted by Crippen LogP contribution is -2.51. The van der Waals surface area contributed by atoms with E-state index in [0.717, 1.165) is 12.8 Å². The highest BCUT2D eigenvalue weighted by molar-refractivity contribution is 5.77. The van der Waals surface area contributed by atoms with Crippen LogP contribution in [0, 0.1) is 0 Å². The van der Waals surface area contributed by atoms with Gasteiger partial charge in [0.25, 0.3) is 0 Å². The number of carbonyl (C=O) groups is 1. The van der Waals surface area contributed by atoms with Gasteiger partial charge in [0.2, 0.25) is 0 Å². The average molecular weight is 249 g/mol. The van der Waals surface area contributed by atoms with Crippen molar-refractivity contribution in [3.05, 3.63) is 35.9 Å². The van der Waals surface area contributed by atoms with Gasteiger partial charge in [-0.2, -0.15) is 0 Å². The van der Waals surface area contributed by atoms with Gasteiger partial charge in [-0.3, -0.25) is 9.69 Å². The number of carboxylic acids is 1. The molecule has 0 spiro atoms. The first kappa shape index (κ1) is 14.7. The fraction of sp³-hybridized carbons (Fsp3) is 0.533. The highest BCUT2D eigenvalue weighted by Crippen LogP contribution is 2.18. The van der Waals surface area contributed by atoms with E-state index in [1.807, 2.05) is 30.1 Å². The number of benzene rings is 1. The summed E-state index contributed by atoms with van der Waals surface area (Å²) in [5.41, 5.74) is 0.474. The minimum Gasteiger partial charge on any atom is -0.480 e. The lowest BCUT2D eigenvalue weighted by Gasteiger charge is -2.36. The number of carboxylic acid groups (broad SMARTS) is 1. The molecule has 1 atom stereocenters. The SMILES string of the molecule is CC(CCc1ccccc1)N(C)C(C)(C)C(=O)O. The maximum atomic E-state index is 11.2. The molecule has 0 aliphatic rings. The number of aryl methyl sites for hydroxylation is 1. The number of nitrogens with zero attached hydrogens (tertiary/aromatic N) is 1. The van der Waals surface area contributed by atoms with Crippen molar-refractivity contribution in [1.82, 2.24) is 4.90 Å². The minimum atomic E-state index is -0.823. The summed E-state index contributed by atoms with van der Waals surface area (Å²) in [5.74, 6) is -0.781. The van der Waals surface area contributed by atoms with Crippen LogP contribution in [0.15, 0.2) is 30.3 Å². The summed E-state index contributed by atoms with van der Waals surface area (Å²) < 4.78 is 0. The second-order valence-corrected chi connectivity index (χ2v) is 5.35. The quantitative estimate of drug-likeness (QED) is 0.842. The molecule has 1 rings (SSSR count). The minimum absolute atomic E-state index is 0.233. The molecule has 0 amide bonds. The molecule has 0 radical (unpaired) electrons. The van der Waals surface area contributed by atoms with Crippen LogP contribution in [0.25, 0.3) is 0 Å². The predicted molar refractivity (Wildman–Crippen MR) is 73.7 cm³/mol. The number of hydrogen-bond acceptors (Lipinski definition) is 2. The van der Waals surface area contributed by atoms with E-state index < -0.39 is 11.5 Å². The maximum Gasteiger partial charge on any atom is 0.323 e. The van der Waals surface area contributed by atoms with E-state index in [0.29, 0.717) is 0 Å². The molecule has 3 nitrogen and oxygen atoms in total. The fourth-order valence-electron chi connectivity index (χ4n) is 1.92. The van der Waals surface area contributed by atoms with Gasteiger partial charge in [-0.25, -0.2) is 0 Å². The normalized spacial score (nSPS) is 13.6. The topological polar surface area (TPSA) is 40.5 Å². The molecule has 0 aliphatic carbocycles. The maximum absolute atomic E-state index is 11.2. The standard InChI is InChI=1S/C15H23NO2/c1-12(16(4)15(2,3)14(17)18)10-11-13-8-6-5-7-9-13/h5-9,12H,10-11H2,1-4H3,(H,17,18). The Kier molecular flexibility index (Phi) is 4.91. The summed E-state index contributed by atoms with van der Waals surface area (Å²) in [5, 5.41) is 9.20.